The molecule has 3 fully saturated rings. The lowest BCUT2D eigenvalue weighted by atomic mass is 9.92. The maximum absolute atomic E-state index is 16.1. The summed E-state index contributed by atoms with van der Waals surface area (Å²) in [5.41, 5.74) is 6.84. The third-order valence-electron chi connectivity index (χ3n) is 15.5. The van der Waals surface area contributed by atoms with Crippen LogP contribution in [0.25, 0.3) is 33.3 Å². The van der Waals surface area contributed by atoms with Gasteiger partial charge in [-0.3, -0.25) is 48.0 Å². The number of halogens is 2. The number of amides is 3. The van der Waals surface area contributed by atoms with E-state index in [0.717, 1.165) is 85.4 Å². The molecule has 18 heteroatoms. The molecule has 71 heavy (non-hydrogen) atoms. The van der Waals surface area contributed by atoms with E-state index >= 15 is 4.39 Å². The number of carbonyl (C=O) groups excluding carboxylic acids is 3. The molecular weight excluding hydrogens is 909 g/mol. The van der Waals surface area contributed by atoms with Crippen LogP contribution in [0.4, 0.5) is 14.5 Å². The minimum Gasteiger partial charge on any atom is -0.386 e. The van der Waals surface area contributed by atoms with Crippen molar-refractivity contribution < 1.29 is 23.2 Å². The second-order valence-corrected chi connectivity index (χ2v) is 19.8. The molecule has 4 aliphatic rings. The molecule has 2 N–H and O–H groups in total. The lowest BCUT2D eigenvalue weighted by molar-refractivity contribution is -0.135. The Morgan fingerprint density at radius 1 is 0.859 bits per heavy atom. The van der Waals surface area contributed by atoms with E-state index in [-0.39, 0.29) is 47.0 Å². The van der Waals surface area contributed by atoms with E-state index in [2.05, 4.69) is 43.3 Å². The highest BCUT2D eigenvalue weighted by Crippen LogP contribution is 2.35. The van der Waals surface area contributed by atoms with E-state index in [0.29, 0.717) is 72.9 Å². The third kappa shape index (κ3) is 9.12. The van der Waals surface area contributed by atoms with E-state index in [4.69, 9.17) is 0 Å². The summed E-state index contributed by atoms with van der Waals surface area (Å²) in [6.07, 6.45) is 7.82. The average molecular weight is 970 g/mol. The first-order valence-corrected chi connectivity index (χ1v) is 24.7. The van der Waals surface area contributed by atoms with Gasteiger partial charge in [0.25, 0.3) is 11.5 Å². The Hall–Kier alpha value is -6.76. The summed E-state index contributed by atoms with van der Waals surface area (Å²) in [6, 6.07) is 13.4. The summed E-state index contributed by atoms with van der Waals surface area (Å²) in [7, 11) is 5.22. The van der Waals surface area contributed by atoms with Crippen LogP contribution in [0, 0.1) is 24.5 Å². The van der Waals surface area contributed by atoms with Crippen LogP contribution in [0.15, 0.2) is 76.6 Å². The fourth-order valence-electron chi connectivity index (χ4n) is 11.4. The summed E-state index contributed by atoms with van der Waals surface area (Å²) < 4.78 is 37.3. The molecule has 2 aromatic carbocycles. The number of aryl methyl sites for hydroxylation is 3. The van der Waals surface area contributed by atoms with Crippen LogP contribution in [0.1, 0.15) is 83.9 Å². The largest absolute Gasteiger partial charge is 0.386 e. The molecule has 0 saturated carbocycles. The van der Waals surface area contributed by atoms with Crippen molar-refractivity contribution in [2.24, 2.45) is 20.0 Å². The second kappa shape index (κ2) is 19.4. The van der Waals surface area contributed by atoms with Crippen molar-refractivity contribution in [3.05, 3.63) is 127 Å². The van der Waals surface area contributed by atoms with Crippen molar-refractivity contribution in [3.8, 4) is 5.69 Å². The van der Waals surface area contributed by atoms with Gasteiger partial charge in [0.1, 0.15) is 17.5 Å². The van der Waals surface area contributed by atoms with E-state index in [1.807, 2.05) is 53.8 Å². The second-order valence-electron chi connectivity index (χ2n) is 19.8. The fraction of sp³-hybridized carbons (Fsp3) is 0.434. The van der Waals surface area contributed by atoms with Crippen LogP contribution < -0.4 is 21.9 Å². The van der Waals surface area contributed by atoms with Crippen LogP contribution in [0.5, 0.6) is 0 Å². The van der Waals surface area contributed by atoms with Gasteiger partial charge < -0.3 is 19.7 Å². The number of anilines is 1. The number of likely N-dealkylation sites (tertiary alicyclic amines) is 1. The molecule has 3 amide bonds. The smallest absolute Gasteiger partial charge is 0.329 e. The third-order valence-corrected chi connectivity index (χ3v) is 15.5. The number of piperazine rings is 1. The van der Waals surface area contributed by atoms with Crippen molar-refractivity contribution in [3.63, 3.8) is 0 Å². The van der Waals surface area contributed by atoms with Crippen LogP contribution in [-0.2, 0) is 30.2 Å². The Balaban J connectivity index is 0.713. The van der Waals surface area contributed by atoms with Gasteiger partial charge in [-0.2, -0.15) is 0 Å². The monoisotopic (exact) mass is 969 g/mol. The van der Waals surface area contributed by atoms with Crippen LogP contribution in [0.3, 0.4) is 0 Å². The molecule has 8 heterocycles. The molecule has 3 saturated heterocycles. The van der Waals surface area contributed by atoms with Crippen molar-refractivity contribution in [2.75, 3.05) is 71.3 Å². The van der Waals surface area contributed by atoms with Crippen molar-refractivity contribution in [1.82, 2.24) is 48.2 Å². The van der Waals surface area contributed by atoms with Gasteiger partial charge in [-0.1, -0.05) is 12.1 Å². The zero-order valence-corrected chi connectivity index (χ0v) is 41.0. The van der Waals surface area contributed by atoms with Gasteiger partial charge in [0.2, 0.25) is 11.8 Å². The summed E-state index contributed by atoms with van der Waals surface area (Å²) in [4.78, 5) is 78.1. The lowest BCUT2D eigenvalue weighted by Crippen LogP contribution is -2.48. The molecule has 372 valence electrons. The molecular formula is C53H61F2N11O5. The number of hydrogen-bond donors (Lipinski definition) is 2. The van der Waals surface area contributed by atoms with Gasteiger partial charge >= 0.3 is 5.69 Å². The van der Waals surface area contributed by atoms with Crippen molar-refractivity contribution in [2.45, 2.75) is 64.6 Å². The minimum atomic E-state index is -0.709. The molecule has 0 bridgehead atoms. The fourth-order valence-corrected chi connectivity index (χ4v) is 11.4. The lowest BCUT2D eigenvalue weighted by Gasteiger charge is -2.39. The predicted molar refractivity (Wildman–Crippen MR) is 268 cm³/mol. The number of rotatable bonds is 11. The number of carbonyl (C=O) groups is 3. The Labute approximate surface area is 410 Å². The highest BCUT2D eigenvalue weighted by atomic mass is 19.1. The van der Waals surface area contributed by atoms with E-state index in [1.165, 1.54) is 27.5 Å². The number of aromatic nitrogens is 5. The number of pyridine rings is 2. The number of nitrogens with zero attached hydrogens (tertiary/aromatic N) is 9. The zero-order chi connectivity index (χ0) is 49.8. The highest BCUT2D eigenvalue weighted by molar-refractivity contribution is 6.00. The maximum Gasteiger partial charge on any atom is 0.329 e. The molecule has 4 aromatic heterocycles. The number of imide groups is 1. The van der Waals surface area contributed by atoms with Gasteiger partial charge in [-0.25, -0.2) is 18.6 Å². The maximum atomic E-state index is 16.1. The van der Waals surface area contributed by atoms with Gasteiger partial charge in [-0.15, -0.1) is 0 Å². The summed E-state index contributed by atoms with van der Waals surface area (Å²) >= 11 is 0. The standard InChI is InChI=1S/C53H61F2N11O5/c1-32-24-37(26-39(54)49(32)36-13-18-63(19-14-36)33(2)45-27-38-42(10-15-57-50(38)59(45)4)65-31-40(55)41(56-3)28-48(65)68)52(70)64-16-11-34(12-17-64)29-61-20-22-62(23-21-61)30-35-6-7-43-46(25-35)60(5)53(71)66(43)44-8-9-47(67)58-51(44)69/h6-7,10,13,15,24-28,31,33-34,44,56H,8-9,11-12,14,16-23,29-30H2,1-5H3,(H,58,67,69)/t33-,44+/m0/s1. The number of fused-ring (bicyclic) bond motifs is 2. The molecule has 2 atom stereocenters. The summed E-state index contributed by atoms with van der Waals surface area (Å²) in [6.45, 7) is 12.0. The van der Waals surface area contributed by atoms with E-state index in [9.17, 15) is 28.4 Å². The highest BCUT2D eigenvalue weighted by Gasteiger charge is 2.33. The molecule has 4 aliphatic heterocycles. The average Bonchev–Trinajstić information content (AvgIpc) is 3.83. The van der Waals surface area contributed by atoms with Crippen LogP contribution in [-0.4, -0.2) is 127 Å². The number of nitrogens with one attached hydrogen (secondary N) is 2. The number of hydrogen-bond acceptors (Lipinski definition) is 10. The van der Waals surface area contributed by atoms with E-state index in [1.54, 1.807) is 30.9 Å². The Morgan fingerprint density at radius 2 is 1.62 bits per heavy atom. The predicted octanol–water partition coefficient (Wildman–Crippen LogP) is 5.50. The molecule has 0 radical (unpaired) electrons. The molecule has 0 aliphatic carbocycles. The molecule has 10 rings (SSSR count). The van der Waals surface area contributed by atoms with Crippen LogP contribution in [0.2, 0.25) is 0 Å². The van der Waals surface area contributed by atoms with Crippen molar-refractivity contribution in [1.29, 1.82) is 0 Å². The minimum absolute atomic E-state index is 0.0456. The zero-order valence-electron chi connectivity index (χ0n) is 41.0. The topological polar surface area (TPSA) is 155 Å². The number of benzene rings is 2. The first kappa shape index (κ1) is 47.9. The number of imidazole rings is 1. The van der Waals surface area contributed by atoms with Gasteiger partial charge in [-0.05, 0) is 98.5 Å². The quantitative estimate of drug-likeness (QED) is 0.159. The number of piperidine rings is 2. The normalized spacial score (nSPS) is 19.4. The molecule has 0 spiro atoms. The molecule has 0 unspecified atom stereocenters. The Kier molecular flexibility index (Phi) is 13.1. The Morgan fingerprint density at radius 3 is 2.32 bits per heavy atom. The molecule has 16 nitrogen and oxygen atoms in total. The summed E-state index contributed by atoms with van der Waals surface area (Å²) in [5.74, 6) is -1.33. The van der Waals surface area contributed by atoms with Crippen LogP contribution >= 0.6 is 0 Å². The van der Waals surface area contributed by atoms with Crippen molar-refractivity contribution >= 4 is 51.0 Å². The first-order chi connectivity index (χ1) is 34.2. The summed E-state index contributed by atoms with van der Waals surface area (Å²) in [5, 5.41) is 5.81. The van der Waals surface area contributed by atoms with Gasteiger partial charge in [0.15, 0.2) is 5.82 Å². The Bertz CT molecular complexity index is 3220. The first-order valence-electron chi connectivity index (χ1n) is 24.7. The van der Waals surface area contributed by atoms with Gasteiger partial charge in [0, 0.05) is 134 Å². The SMILES string of the molecule is CNc1cc(=O)n(-c2ccnc3c2cc([C@H](C)N2CC=C(c4c(C)cc(C(=O)N5CCC(CN6CCN(Cc7ccc8c(c7)n(C)c(=O)n8[C@@H]7CCC(=O)NC7=O)CC6)CC5)cc4F)CC2)n3C)cc1F. The molecule has 6 aromatic rings. The van der Waals surface area contributed by atoms with E-state index < -0.39 is 17.8 Å². The van der Waals surface area contributed by atoms with Gasteiger partial charge in [0.05, 0.1) is 28.6 Å².